The van der Waals surface area contributed by atoms with Gasteiger partial charge in [0.05, 0.1) is 25.0 Å². The van der Waals surface area contributed by atoms with Crippen molar-refractivity contribution in [1.82, 2.24) is 0 Å². The second kappa shape index (κ2) is 19.4. The number of aliphatic hydroxyl groups excluding tert-OH is 1. The molecule has 0 atom stereocenters. The van der Waals surface area contributed by atoms with E-state index in [1.807, 2.05) is 0 Å². The summed E-state index contributed by atoms with van der Waals surface area (Å²) in [5.41, 5.74) is 0. The molecule has 98 valence electrons. The van der Waals surface area contributed by atoms with Gasteiger partial charge in [0.25, 0.3) is 0 Å². The average molecular weight is 244 g/mol. The summed E-state index contributed by atoms with van der Waals surface area (Å²) in [6.07, 6.45) is 4.23. The highest BCUT2D eigenvalue weighted by atomic mass is 16.7. The molecule has 0 aliphatic carbocycles. The van der Waals surface area contributed by atoms with Crippen LogP contribution in [0.5, 0.6) is 0 Å². The fourth-order valence-electron chi connectivity index (χ4n) is 0.420. The predicted octanol–water partition coefficient (Wildman–Crippen LogP) is 3.03. The van der Waals surface area contributed by atoms with Gasteiger partial charge in [-0.15, -0.1) is 0 Å². The number of aliphatic hydroxyl groups is 1. The van der Waals surface area contributed by atoms with Crippen LogP contribution in [0, 0.1) is 0 Å². The molecule has 0 rings (SSSR count). The maximum absolute atomic E-state index is 9.75. The molecule has 5 heteroatoms. The van der Waals surface area contributed by atoms with Gasteiger partial charge in [-0.2, -0.15) is 0 Å². The molecule has 0 unspecified atom stereocenters. The summed E-state index contributed by atoms with van der Waals surface area (Å²) in [7, 11) is 0. The van der Waals surface area contributed by atoms with E-state index in [0.29, 0.717) is 0 Å². The molecule has 17 heavy (non-hydrogen) atoms. The quantitative estimate of drug-likeness (QED) is 0.457. The van der Waals surface area contributed by atoms with Gasteiger partial charge < -0.3 is 19.3 Å². The maximum Gasteiger partial charge on any atom is 0.307 e. The summed E-state index contributed by atoms with van der Waals surface area (Å²) < 4.78 is 13.7. The van der Waals surface area contributed by atoms with Crippen molar-refractivity contribution in [2.45, 2.75) is 20.1 Å². The molecule has 0 aromatic rings. The fourth-order valence-corrected chi connectivity index (χ4v) is 0.420. The van der Waals surface area contributed by atoms with Crippen molar-refractivity contribution >= 4 is 5.97 Å². The van der Waals surface area contributed by atoms with E-state index < -0.39 is 0 Å². The van der Waals surface area contributed by atoms with E-state index in [9.17, 15) is 4.79 Å². The van der Waals surface area contributed by atoms with Crippen LogP contribution in [0.2, 0.25) is 0 Å². The molecule has 0 saturated heterocycles. The third-order valence-corrected chi connectivity index (χ3v) is 0.825. The largest absolute Gasteiger partial charge is 0.516 e. The van der Waals surface area contributed by atoms with Crippen molar-refractivity contribution in [3.63, 3.8) is 0 Å². The van der Waals surface area contributed by atoms with Crippen molar-refractivity contribution < 1.29 is 24.1 Å². The Labute approximate surface area is 102 Å². The predicted molar refractivity (Wildman–Crippen MR) is 66.8 cm³/mol. The normalized spacial score (nSPS) is 7.00. The Balaban J connectivity index is -0.000000193. The van der Waals surface area contributed by atoms with Crippen molar-refractivity contribution in [2.24, 2.45) is 0 Å². The summed E-state index contributed by atoms with van der Waals surface area (Å²) in [5, 5.41) is 7.33. The molecule has 0 aliphatic rings. The van der Waals surface area contributed by atoms with Crippen molar-refractivity contribution in [1.29, 1.82) is 0 Å². The Kier molecular flexibility index (Phi) is 23.1. The monoisotopic (exact) mass is 244 g/mol. The molecular formula is C12H20O5. The summed E-state index contributed by atoms with van der Waals surface area (Å²) >= 11 is 0. The van der Waals surface area contributed by atoms with Crippen LogP contribution in [-0.2, 0) is 19.0 Å². The number of hydrogen-bond acceptors (Lipinski definition) is 5. The highest BCUT2D eigenvalue weighted by molar-refractivity contribution is 5.66. The first kappa shape index (κ1) is 20.3. The van der Waals surface area contributed by atoms with Gasteiger partial charge in [0.1, 0.15) is 0 Å². The lowest BCUT2D eigenvalue weighted by Gasteiger charge is -2.08. The molecule has 0 aromatic heterocycles. The molecule has 1 N–H and O–H groups in total. The molecule has 0 radical (unpaired) electrons. The van der Waals surface area contributed by atoms with Gasteiger partial charge in [-0.3, -0.25) is 4.79 Å². The molecule has 0 saturated carbocycles. The summed E-state index contributed by atoms with van der Waals surface area (Å²) in [4.78, 5) is 9.75. The van der Waals surface area contributed by atoms with Crippen LogP contribution in [0.15, 0.2) is 51.4 Å². The van der Waals surface area contributed by atoms with Crippen LogP contribution < -0.4 is 0 Å². The van der Waals surface area contributed by atoms with Crippen LogP contribution in [0.1, 0.15) is 13.8 Å². The van der Waals surface area contributed by atoms with Crippen LogP contribution in [0.25, 0.3) is 0 Å². The van der Waals surface area contributed by atoms with E-state index in [-0.39, 0.29) is 12.3 Å². The minimum atomic E-state index is -0.329. The third kappa shape index (κ3) is 41.5. The van der Waals surface area contributed by atoms with E-state index in [0.717, 1.165) is 12.5 Å². The smallest absolute Gasteiger partial charge is 0.307 e. The van der Waals surface area contributed by atoms with Crippen molar-refractivity contribution in [3.05, 3.63) is 51.4 Å². The van der Waals surface area contributed by atoms with Crippen LogP contribution in [0.3, 0.4) is 0 Å². The Bertz CT molecular complexity index is 213. The van der Waals surface area contributed by atoms with Crippen molar-refractivity contribution in [2.75, 3.05) is 0 Å². The Morgan fingerprint density at radius 1 is 1.12 bits per heavy atom. The van der Waals surface area contributed by atoms with Gasteiger partial charge in [0, 0.05) is 13.8 Å². The third-order valence-electron chi connectivity index (χ3n) is 0.825. The van der Waals surface area contributed by atoms with Crippen LogP contribution in [0.4, 0.5) is 0 Å². The number of ether oxygens (including phenoxy) is 3. The molecule has 0 fully saturated rings. The van der Waals surface area contributed by atoms with Gasteiger partial charge in [0.2, 0.25) is 6.29 Å². The molecule has 0 spiro atoms. The Morgan fingerprint density at radius 3 is 1.59 bits per heavy atom. The van der Waals surface area contributed by atoms with E-state index >= 15 is 0 Å². The standard InChI is InChI=1S/C6H10O2.C4H6O2.C2H4O/c1-4-7-6(3)8-5-2;1-3-6-4(2)5;1-2-3/h4-6H,1-2H2,3H3;3H,1H2,2H3;2-3H,1H2. The van der Waals surface area contributed by atoms with Crippen LogP contribution >= 0.6 is 0 Å². The summed E-state index contributed by atoms with van der Waals surface area (Å²) in [6, 6.07) is 0. The van der Waals surface area contributed by atoms with Crippen molar-refractivity contribution in [3.8, 4) is 0 Å². The fraction of sp³-hybridized carbons (Fsp3) is 0.250. The van der Waals surface area contributed by atoms with Gasteiger partial charge in [-0.25, -0.2) is 0 Å². The maximum atomic E-state index is 9.75. The zero-order chi connectivity index (χ0) is 14.1. The molecular weight excluding hydrogens is 224 g/mol. The average Bonchev–Trinajstić information content (AvgIpc) is 2.20. The lowest BCUT2D eigenvalue weighted by molar-refractivity contribution is -0.135. The van der Waals surface area contributed by atoms with Gasteiger partial charge >= 0.3 is 5.97 Å². The number of rotatable bonds is 5. The zero-order valence-electron chi connectivity index (χ0n) is 10.3. The zero-order valence-corrected chi connectivity index (χ0v) is 10.3. The lowest BCUT2D eigenvalue weighted by atomic mass is 10.7. The van der Waals surface area contributed by atoms with Gasteiger partial charge in [0.15, 0.2) is 0 Å². The molecule has 0 amide bonds. The SMILES string of the molecule is C=CO.C=COC(C)=O.C=COC(C)OC=C. The Hall–Kier alpha value is -2.17. The van der Waals surface area contributed by atoms with Crippen LogP contribution in [-0.4, -0.2) is 17.4 Å². The summed E-state index contributed by atoms with van der Waals surface area (Å²) in [6.45, 7) is 15.8. The molecule has 0 bridgehead atoms. The minimum absolute atomic E-state index is 0.273. The first-order chi connectivity index (χ1) is 7.99. The minimum Gasteiger partial charge on any atom is -0.516 e. The van der Waals surface area contributed by atoms with E-state index in [1.165, 1.54) is 19.4 Å². The first-order valence-corrected chi connectivity index (χ1v) is 4.56. The number of esters is 1. The highest BCUT2D eigenvalue weighted by Crippen LogP contribution is 1.91. The number of hydrogen-bond donors (Lipinski definition) is 1. The molecule has 0 heterocycles. The second-order valence-corrected chi connectivity index (χ2v) is 2.13. The lowest BCUT2D eigenvalue weighted by Crippen LogP contribution is -2.03. The first-order valence-electron chi connectivity index (χ1n) is 4.56. The topological polar surface area (TPSA) is 65.0 Å². The second-order valence-electron chi connectivity index (χ2n) is 2.13. The van der Waals surface area contributed by atoms with E-state index in [1.54, 1.807) is 6.92 Å². The summed E-state index contributed by atoms with van der Waals surface area (Å²) in [5.74, 6) is -0.329. The van der Waals surface area contributed by atoms with E-state index in [2.05, 4.69) is 31.1 Å². The van der Waals surface area contributed by atoms with Gasteiger partial charge in [-0.05, 0) is 0 Å². The molecule has 0 aliphatic heterocycles. The highest BCUT2D eigenvalue weighted by Gasteiger charge is 1.91. The van der Waals surface area contributed by atoms with Gasteiger partial charge in [-0.1, -0.05) is 26.3 Å². The number of carbonyl (C=O) groups excluding carboxylic acids is 1. The van der Waals surface area contributed by atoms with E-state index in [4.69, 9.17) is 14.6 Å². The molecule has 5 nitrogen and oxygen atoms in total. The molecule has 0 aromatic carbocycles. The Morgan fingerprint density at radius 2 is 1.47 bits per heavy atom. The number of carbonyl (C=O) groups is 1.